The zero-order valence-electron chi connectivity index (χ0n) is 14.9. The summed E-state index contributed by atoms with van der Waals surface area (Å²) >= 11 is 1.41. The van der Waals surface area contributed by atoms with Crippen molar-refractivity contribution in [1.29, 1.82) is 0 Å². The number of halogens is 1. The van der Waals surface area contributed by atoms with Gasteiger partial charge in [0.15, 0.2) is 0 Å². The number of thiazole rings is 1. The van der Waals surface area contributed by atoms with E-state index >= 15 is 0 Å². The van der Waals surface area contributed by atoms with Crippen LogP contribution in [0.1, 0.15) is 15.4 Å². The van der Waals surface area contributed by atoms with Crippen molar-refractivity contribution in [3.8, 4) is 10.6 Å². The average Bonchev–Trinajstić information content (AvgIpc) is 3.10. The van der Waals surface area contributed by atoms with Crippen LogP contribution in [0.5, 0.6) is 0 Å². The number of para-hydroxylation sites is 1. The number of nitrogens with zero attached hydrogens (tertiary/aromatic N) is 4. The molecule has 1 amide bonds. The Kier molecular flexibility index (Phi) is 4.85. The van der Waals surface area contributed by atoms with E-state index in [9.17, 15) is 9.18 Å². The highest BCUT2D eigenvalue weighted by Crippen LogP contribution is 2.29. The number of anilines is 1. The minimum atomic E-state index is -0.224. The smallest absolute Gasteiger partial charge is 0.265 e. The average molecular weight is 382 g/mol. The number of amides is 1. The molecular weight excluding hydrogens is 363 g/mol. The molecule has 0 unspecified atom stereocenters. The normalized spacial score (nSPS) is 14.4. The third-order valence-corrected chi connectivity index (χ3v) is 5.87. The van der Waals surface area contributed by atoms with Gasteiger partial charge in [0.2, 0.25) is 0 Å². The van der Waals surface area contributed by atoms with Crippen LogP contribution in [0, 0.1) is 12.7 Å². The molecule has 27 heavy (non-hydrogen) atoms. The number of hydrogen-bond acceptors (Lipinski definition) is 5. The Balaban J connectivity index is 1.47. The summed E-state index contributed by atoms with van der Waals surface area (Å²) < 4.78 is 14.0. The van der Waals surface area contributed by atoms with E-state index in [0.29, 0.717) is 36.7 Å². The zero-order chi connectivity index (χ0) is 18.8. The number of carbonyl (C=O) groups excluding carboxylic acids is 1. The maximum absolute atomic E-state index is 14.0. The zero-order valence-corrected chi connectivity index (χ0v) is 15.7. The van der Waals surface area contributed by atoms with E-state index in [1.54, 1.807) is 24.5 Å². The fourth-order valence-corrected chi connectivity index (χ4v) is 4.25. The number of benzene rings is 1. The third kappa shape index (κ3) is 3.55. The number of carbonyl (C=O) groups is 1. The highest BCUT2D eigenvalue weighted by atomic mass is 32.1. The molecule has 0 saturated carbocycles. The van der Waals surface area contributed by atoms with Gasteiger partial charge in [0, 0.05) is 44.1 Å². The van der Waals surface area contributed by atoms with E-state index in [1.807, 2.05) is 34.9 Å². The topological polar surface area (TPSA) is 49.3 Å². The second-order valence-corrected chi connectivity index (χ2v) is 7.40. The van der Waals surface area contributed by atoms with Gasteiger partial charge in [-0.15, -0.1) is 11.3 Å². The summed E-state index contributed by atoms with van der Waals surface area (Å²) in [4.78, 5) is 26.0. The lowest BCUT2D eigenvalue weighted by molar-refractivity contribution is 0.0750. The van der Waals surface area contributed by atoms with Crippen molar-refractivity contribution in [2.45, 2.75) is 6.92 Å². The molecule has 1 saturated heterocycles. The van der Waals surface area contributed by atoms with Crippen LogP contribution in [0.3, 0.4) is 0 Å². The number of piperazine rings is 1. The van der Waals surface area contributed by atoms with E-state index in [1.165, 1.54) is 17.4 Å². The van der Waals surface area contributed by atoms with E-state index in [2.05, 4.69) is 9.97 Å². The van der Waals surface area contributed by atoms with Crippen LogP contribution < -0.4 is 4.90 Å². The number of aromatic nitrogens is 2. The third-order valence-electron chi connectivity index (χ3n) is 4.68. The lowest BCUT2D eigenvalue weighted by Gasteiger charge is -2.36. The second kappa shape index (κ2) is 7.44. The first-order valence-corrected chi connectivity index (χ1v) is 9.61. The molecule has 2 aromatic heterocycles. The van der Waals surface area contributed by atoms with Crippen LogP contribution in [0.25, 0.3) is 10.6 Å². The van der Waals surface area contributed by atoms with Crippen molar-refractivity contribution >= 4 is 22.9 Å². The largest absolute Gasteiger partial charge is 0.366 e. The standard InChI is InChI=1S/C20H19FN4OS/c1-14-18(27-19(23-14)15-6-8-22-9-7-15)20(26)25-12-10-24(11-13-25)17-5-3-2-4-16(17)21/h2-9H,10-13H2,1H3. The van der Waals surface area contributed by atoms with Crippen molar-refractivity contribution in [3.63, 3.8) is 0 Å². The Morgan fingerprint density at radius 3 is 2.48 bits per heavy atom. The highest BCUT2D eigenvalue weighted by molar-refractivity contribution is 7.17. The van der Waals surface area contributed by atoms with Gasteiger partial charge < -0.3 is 9.80 Å². The minimum Gasteiger partial charge on any atom is -0.366 e. The first kappa shape index (κ1) is 17.6. The molecule has 0 bridgehead atoms. The molecule has 7 heteroatoms. The summed E-state index contributed by atoms with van der Waals surface area (Å²) in [5.41, 5.74) is 2.30. The summed E-state index contributed by atoms with van der Waals surface area (Å²) in [6, 6.07) is 10.5. The van der Waals surface area contributed by atoms with Crippen molar-refractivity contribution in [3.05, 3.63) is 65.2 Å². The van der Waals surface area contributed by atoms with Gasteiger partial charge in [-0.25, -0.2) is 9.37 Å². The molecule has 3 heterocycles. The monoisotopic (exact) mass is 382 g/mol. The Labute approximate surface area is 161 Å². The molecule has 138 valence electrons. The summed E-state index contributed by atoms with van der Waals surface area (Å²) in [7, 11) is 0. The Morgan fingerprint density at radius 1 is 1.07 bits per heavy atom. The van der Waals surface area contributed by atoms with Gasteiger partial charge in [-0.3, -0.25) is 9.78 Å². The molecule has 1 aliphatic rings. The van der Waals surface area contributed by atoms with Crippen molar-refractivity contribution in [1.82, 2.24) is 14.9 Å². The summed E-state index contributed by atoms with van der Waals surface area (Å²) in [5.74, 6) is -0.226. The minimum absolute atomic E-state index is 0.00140. The van der Waals surface area contributed by atoms with Gasteiger partial charge in [-0.2, -0.15) is 0 Å². The number of hydrogen-bond donors (Lipinski definition) is 0. The maximum atomic E-state index is 14.0. The summed E-state index contributed by atoms with van der Waals surface area (Å²) in [6.07, 6.45) is 3.44. The molecule has 5 nitrogen and oxygen atoms in total. The maximum Gasteiger partial charge on any atom is 0.265 e. The Morgan fingerprint density at radius 2 is 1.78 bits per heavy atom. The quantitative estimate of drug-likeness (QED) is 0.694. The number of aryl methyl sites for hydroxylation is 1. The fraction of sp³-hybridized carbons (Fsp3) is 0.250. The van der Waals surface area contributed by atoms with Crippen LogP contribution in [-0.4, -0.2) is 47.0 Å². The van der Waals surface area contributed by atoms with Crippen molar-refractivity contribution in [2.75, 3.05) is 31.1 Å². The van der Waals surface area contributed by atoms with Crippen molar-refractivity contribution in [2.24, 2.45) is 0 Å². The predicted molar refractivity (Wildman–Crippen MR) is 105 cm³/mol. The van der Waals surface area contributed by atoms with E-state index in [0.717, 1.165) is 16.3 Å². The van der Waals surface area contributed by atoms with Crippen LogP contribution >= 0.6 is 11.3 Å². The van der Waals surface area contributed by atoms with E-state index in [4.69, 9.17) is 0 Å². The first-order valence-electron chi connectivity index (χ1n) is 8.80. The van der Waals surface area contributed by atoms with Crippen LogP contribution in [0.2, 0.25) is 0 Å². The molecule has 4 rings (SSSR count). The molecule has 0 aliphatic carbocycles. The second-order valence-electron chi connectivity index (χ2n) is 6.40. The molecule has 0 atom stereocenters. The fourth-order valence-electron chi connectivity index (χ4n) is 3.22. The summed E-state index contributed by atoms with van der Waals surface area (Å²) in [6.45, 7) is 4.22. The first-order chi connectivity index (χ1) is 13.1. The van der Waals surface area contributed by atoms with E-state index in [-0.39, 0.29) is 11.7 Å². The molecule has 0 radical (unpaired) electrons. The molecule has 0 N–H and O–H groups in total. The van der Waals surface area contributed by atoms with Crippen molar-refractivity contribution < 1.29 is 9.18 Å². The SMILES string of the molecule is Cc1nc(-c2ccncc2)sc1C(=O)N1CCN(c2ccccc2F)CC1. The van der Waals surface area contributed by atoms with Gasteiger partial charge in [0.05, 0.1) is 11.4 Å². The lowest BCUT2D eigenvalue weighted by atomic mass is 10.2. The molecule has 1 fully saturated rings. The highest BCUT2D eigenvalue weighted by Gasteiger charge is 2.26. The predicted octanol–water partition coefficient (Wildman–Crippen LogP) is 3.62. The molecule has 3 aromatic rings. The van der Waals surface area contributed by atoms with Gasteiger partial charge in [-0.1, -0.05) is 12.1 Å². The molecule has 0 spiro atoms. The number of rotatable bonds is 3. The van der Waals surface area contributed by atoms with Crippen LogP contribution in [-0.2, 0) is 0 Å². The van der Waals surface area contributed by atoms with Gasteiger partial charge >= 0.3 is 0 Å². The summed E-state index contributed by atoms with van der Waals surface area (Å²) in [5, 5.41) is 0.822. The van der Waals surface area contributed by atoms with Gasteiger partial charge in [0.1, 0.15) is 15.7 Å². The number of pyridine rings is 1. The lowest BCUT2D eigenvalue weighted by Crippen LogP contribution is -2.49. The van der Waals surface area contributed by atoms with E-state index < -0.39 is 0 Å². The molecule has 1 aromatic carbocycles. The molecule has 1 aliphatic heterocycles. The van der Waals surface area contributed by atoms with Gasteiger partial charge in [-0.05, 0) is 31.2 Å². The Hall–Kier alpha value is -2.80. The van der Waals surface area contributed by atoms with Crippen LogP contribution in [0.15, 0.2) is 48.8 Å². The molecular formula is C20H19FN4OS. The van der Waals surface area contributed by atoms with Gasteiger partial charge in [0.25, 0.3) is 5.91 Å². The Bertz CT molecular complexity index is 952. The van der Waals surface area contributed by atoms with Crippen LogP contribution in [0.4, 0.5) is 10.1 Å².